The van der Waals surface area contributed by atoms with Crippen LogP contribution in [0.25, 0.3) is 10.8 Å². The maximum Gasteiger partial charge on any atom is 0.0370 e. The standard InChI is InChI=1S/C18H24N2/c1-14-4-5-16-11-17(7-6-15(16)10-14)20(2)13-18(12-19)8-3-9-18/h4-7,10-11H,3,8-9,12-13,19H2,1-2H3. The molecule has 2 nitrogen and oxygen atoms in total. The SMILES string of the molecule is Cc1ccc2cc(N(C)CC3(CN)CCC3)ccc2c1. The van der Waals surface area contributed by atoms with Crippen LogP contribution in [-0.2, 0) is 0 Å². The Morgan fingerprint density at radius 2 is 1.80 bits per heavy atom. The molecule has 1 aliphatic carbocycles. The van der Waals surface area contributed by atoms with Crippen molar-refractivity contribution >= 4 is 16.5 Å². The number of rotatable bonds is 4. The minimum atomic E-state index is 0.358. The molecule has 1 aliphatic rings. The van der Waals surface area contributed by atoms with Crippen molar-refractivity contribution in [1.29, 1.82) is 0 Å². The molecule has 0 bridgehead atoms. The van der Waals surface area contributed by atoms with Gasteiger partial charge in [-0.15, -0.1) is 0 Å². The third-order valence-electron chi connectivity index (χ3n) is 4.84. The smallest absolute Gasteiger partial charge is 0.0370 e. The highest BCUT2D eigenvalue weighted by Gasteiger charge is 2.36. The van der Waals surface area contributed by atoms with Gasteiger partial charge in [0.2, 0.25) is 0 Å². The molecule has 20 heavy (non-hydrogen) atoms. The fraction of sp³-hybridized carbons (Fsp3) is 0.444. The van der Waals surface area contributed by atoms with Gasteiger partial charge in [0, 0.05) is 24.7 Å². The quantitative estimate of drug-likeness (QED) is 0.916. The highest BCUT2D eigenvalue weighted by Crippen LogP contribution is 2.41. The maximum absolute atomic E-state index is 5.98. The first kappa shape index (κ1) is 13.4. The first-order valence-corrected chi connectivity index (χ1v) is 7.54. The van der Waals surface area contributed by atoms with Gasteiger partial charge in [-0.1, -0.05) is 36.2 Å². The molecule has 0 saturated heterocycles. The Labute approximate surface area is 121 Å². The fourth-order valence-corrected chi connectivity index (χ4v) is 3.29. The van der Waals surface area contributed by atoms with E-state index in [0.717, 1.165) is 13.1 Å². The maximum atomic E-state index is 5.98. The lowest BCUT2D eigenvalue weighted by molar-refractivity contribution is 0.154. The summed E-state index contributed by atoms with van der Waals surface area (Å²) >= 11 is 0. The van der Waals surface area contributed by atoms with E-state index in [2.05, 4.69) is 55.3 Å². The van der Waals surface area contributed by atoms with Crippen LogP contribution in [0.3, 0.4) is 0 Å². The molecule has 0 radical (unpaired) electrons. The summed E-state index contributed by atoms with van der Waals surface area (Å²) in [4.78, 5) is 2.37. The molecular weight excluding hydrogens is 244 g/mol. The summed E-state index contributed by atoms with van der Waals surface area (Å²) < 4.78 is 0. The Bertz CT molecular complexity index is 608. The van der Waals surface area contributed by atoms with E-state index in [1.807, 2.05) is 0 Å². The largest absolute Gasteiger partial charge is 0.374 e. The number of benzene rings is 2. The number of hydrogen-bond acceptors (Lipinski definition) is 2. The highest BCUT2D eigenvalue weighted by atomic mass is 15.1. The topological polar surface area (TPSA) is 29.3 Å². The van der Waals surface area contributed by atoms with E-state index in [4.69, 9.17) is 5.73 Å². The number of nitrogens with zero attached hydrogens (tertiary/aromatic N) is 1. The van der Waals surface area contributed by atoms with Gasteiger partial charge in [-0.2, -0.15) is 0 Å². The van der Waals surface area contributed by atoms with Crippen LogP contribution < -0.4 is 10.6 Å². The second-order valence-electron chi connectivity index (χ2n) is 6.45. The summed E-state index contributed by atoms with van der Waals surface area (Å²) in [6.45, 7) is 4.02. The van der Waals surface area contributed by atoms with E-state index in [0.29, 0.717) is 5.41 Å². The fourth-order valence-electron chi connectivity index (χ4n) is 3.29. The minimum absolute atomic E-state index is 0.358. The molecule has 2 N–H and O–H groups in total. The lowest BCUT2D eigenvalue weighted by Gasteiger charge is -2.44. The monoisotopic (exact) mass is 268 g/mol. The molecule has 2 aromatic carbocycles. The van der Waals surface area contributed by atoms with Gasteiger partial charge < -0.3 is 10.6 Å². The van der Waals surface area contributed by atoms with Crippen molar-refractivity contribution in [2.24, 2.45) is 11.1 Å². The van der Waals surface area contributed by atoms with Gasteiger partial charge in [-0.25, -0.2) is 0 Å². The first-order chi connectivity index (χ1) is 9.62. The van der Waals surface area contributed by atoms with Gasteiger partial charge in [-0.3, -0.25) is 0 Å². The highest BCUT2D eigenvalue weighted by molar-refractivity contribution is 5.86. The average molecular weight is 268 g/mol. The van der Waals surface area contributed by atoms with E-state index in [-0.39, 0.29) is 0 Å². The van der Waals surface area contributed by atoms with Gasteiger partial charge in [0.05, 0.1) is 0 Å². The third kappa shape index (κ3) is 2.40. The molecule has 0 aliphatic heterocycles. The van der Waals surface area contributed by atoms with Crippen molar-refractivity contribution in [2.45, 2.75) is 26.2 Å². The van der Waals surface area contributed by atoms with E-state index in [1.165, 1.54) is 41.3 Å². The van der Waals surface area contributed by atoms with Crippen LogP contribution in [0.5, 0.6) is 0 Å². The Kier molecular flexibility index (Phi) is 3.43. The zero-order valence-electron chi connectivity index (χ0n) is 12.5. The number of hydrogen-bond donors (Lipinski definition) is 1. The molecule has 0 amide bonds. The second kappa shape index (κ2) is 5.10. The zero-order chi connectivity index (χ0) is 14.2. The second-order valence-corrected chi connectivity index (χ2v) is 6.45. The van der Waals surface area contributed by atoms with Crippen LogP contribution in [0.1, 0.15) is 24.8 Å². The summed E-state index contributed by atoms with van der Waals surface area (Å²) in [5.74, 6) is 0. The molecule has 1 fully saturated rings. The van der Waals surface area contributed by atoms with Gasteiger partial charge >= 0.3 is 0 Å². The molecule has 0 unspecified atom stereocenters. The zero-order valence-corrected chi connectivity index (χ0v) is 12.5. The third-order valence-corrected chi connectivity index (χ3v) is 4.84. The van der Waals surface area contributed by atoms with E-state index in [1.54, 1.807) is 0 Å². The molecule has 2 aromatic rings. The van der Waals surface area contributed by atoms with Crippen LogP contribution in [0.15, 0.2) is 36.4 Å². The molecular formula is C18H24N2. The summed E-state index contributed by atoms with van der Waals surface area (Å²) in [5.41, 5.74) is 8.94. The number of aryl methyl sites for hydroxylation is 1. The van der Waals surface area contributed by atoms with Gasteiger partial charge in [0.1, 0.15) is 0 Å². The number of fused-ring (bicyclic) bond motifs is 1. The average Bonchev–Trinajstić information content (AvgIpc) is 2.42. The lowest BCUT2D eigenvalue weighted by atomic mass is 9.68. The van der Waals surface area contributed by atoms with Crippen molar-refractivity contribution < 1.29 is 0 Å². The van der Waals surface area contributed by atoms with Crippen LogP contribution in [-0.4, -0.2) is 20.1 Å². The van der Waals surface area contributed by atoms with Crippen LogP contribution >= 0.6 is 0 Å². The van der Waals surface area contributed by atoms with Crippen molar-refractivity contribution in [3.63, 3.8) is 0 Å². The molecule has 1 saturated carbocycles. The molecule has 0 heterocycles. The lowest BCUT2D eigenvalue weighted by Crippen LogP contribution is -2.46. The Morgan fingerprint density at radius 1 is 1.10 bits per heavy atom. The minimum Gasteiger partial charge on any atom is -0.374 e. The predicted molar refractivity (Wildman–Crippen MR) is 87.3 cm³/mol. The molecule has 0 aromatic heterocycles. The number of anilines is 1. The van der Waals surface area contributed by atoms with Crippen molar-refractivity contribution in [2.75, 3.05) is 25.0 Å². The molecule has 0 spiro atoms. The summed E-state index contributed by atoms with van der Waals surface area (Å²) in [6, 6.07) is 13.4. The summed E-state index contributed by atoms with van der Waals surface area (Å²) in [5, 5.41) is 2.63. The predicted octanol–water partition coefficient (Wildman–Crippen LogP) is 3.71. The summed E-state index contributed by atoms with van der Waals surface area (Å²) in [7, 11) is 2.19. The van der Waals surface area contributed by atoms with Gasteiger partial charge in [0.25, 0.3) is 0 Å². The Morgan fingerprint density at radius 3 is 2.45 bits per heavy atom. The summed E-state index contributed by atoms with van der Waals surface area (Å²) in [6.07, 6.45) is 3.89. The van der Waals surface area contributed by atoms with Crippen molar-refractivity contribution in [3.05, 3.63) is 42.0 Å². The van der Waals surface area contributed by atoms with Crippen LogP contribution in [0.2, 0.25) is 0 Å². The molecule has 106 valence electrons. The van der Waals surface area contributed by atoms with Crippen LogP contribution in [0, 0.1) is 12.3 Å². The normalized spacial score (nSPS) is 16.9. The van der Waals surface area contributed by atoms with E-state index in [9.17, 15) is 0 Å². The first-order valence-electron chi connectivity index (χ1n) is 7.54. The number of nitrogens with two attached hydrogens (primary N) is 1. The Balaban J connectivity index is 1.84. The molecule has 0 atom stereocenters. The van der Waals surface area contributed by atoms with E-state index >= 15 is 0 Å². The molecule has 3 rings (SSSR count). The molecule has 2 heteroatoms. The van der Waals surface area contributed by atoms with Gasteiger partial charge in [-0.05, 0) is 49.2 Å². The van der Waals surface area contributed by atoms with Crippen molar-refractivity contribution in [3.8, 4) is 0 Å². The van der Waals surface area contributed by atoms with Gasteiger partial charge in [0.15, 0.2) is 0 Å². The van der Waals surface area contributed by atoms with Crippen LogP contribution in [0.4, 0.5) is 5.69 Å². The van der Waals surface area contributed by atoms with Crippen molar-refractivity contribution in [1.82, 2.24) is 0 Å². The Hall–Kier alpha value is -1.54. The van der Waals surface area contributed by atoms with E-state index < -0.39 is 0 Å².